The van der Waals surface area contributed by atoms with E-state index in [0.29, 0.717) is 25.6 Å². The molecule has 4 amide bonds. The van der Waals surface area contributed by atoms with Crippen LogP contribution in [0.5, 0.6) is 0 Å². The highest BCUT2D eigenvalue weighted by Crippen LogP contribution is 2.49. The Morgan fingerprint density at radius 2 is 1.80 bits per heavy atom. The third kappa shape index (κ3) is 4.41. The Labute approximate surface area is 208 Å². The van der Waals surface area contributed by atoms with Gasteiger partial charge in [-0.2, -0.15) is 0 Å². The average Bonchev–Trinajstić information content (AvgIpc) is 3.07. The first-order valence-electron chi connectivity index (χ1n) is 13.2. The van der Waals surface area contributed by atoms with E-state index >= 15 is 0 Å². The molecule has 0 unspecified atom stereocenters. The molecule has 2 saturated carbocycles. The Hall–Kier alpha value is -2.61. The topological polar surface area (TPSA) is 76.2 Å². The number of hydrogen-bond donors (Lipinski definition) is 1. The van der Waals surface area contributed by atoms with Gasteiger partial charge in [0.2, 0.25) is 11.8 Å². The summed E-state index contributed by atoms with van der Waals surface area (Å²) < 4.78 is 0. The second-order valence-electron chi connectivity index (χ2n) is 11.2. The molecule has 1 spiro atoms. The lowest BCUT2D eigenvalue weighted by atomic mass is 9.68. The summed E-state index contributed by atoms with van der Waals surface area (Å²) in [6.45, 7) is 2.53. The first-order valence-corrected chi connectivity index (χ1v) is 13.2. The monoisotopic (exact) mass is 481 g/mol. The molecular formula is C27H39N5O3. The second kappa shape index (κ2) is 9.45. The zero-order chi connectivity index (χ0) is 24.6. The summed E-state index contributed by atoms with van der Waals surface area (Å²) in [5.74, 6) is 0.317. The van der Waals surface area contributed by atoms with Crippen LogP contribution in [0.1, 0.15) is 50.5 Å². The maximum atomic E-state index is 13.7. The number of benzene rings is 1. The van der Waals surface area contributed by atoms with Crippen LogP contribution in [0.15, 0.2) is 30.3 Å². The van der Waals surface area contributed by atoms with Crippen molar-refractivity contribution >= 4 is 17.8 Å². The molecule has 1 aromatic rings. The first kappa shape index (κ1) is 24.1. The molecule has 0 atom stereocenters. The fourth-order valence-electron chi connectivity index (χ4n) is 6.62. The number of hydrogen-bond acceptors (Lipinski definition) is 4. The van der Waals surface area contributed by atoms with E-state index in [-0.39, 0.29) is 42.0 Å². The van der Waals surface area contributed by atoms with E-state index in [1.54, 1.807) is 9.80 Å². The lowest BCUT2D eigenvalue weighted by Gasteiger charge is -2.51. The quantitative estimate of drug-likeness (QED) is 0.676. The van der Waals surface area contributed by atoms with Gasteiger partial charge in [0.15, 0.2) is 0 Å². The van der Waals surface area contributed by atoms with E-state index in [1.807, 2.05) is 0 Å². The van der Waals surface area contributed by atoms with Crippen molar-refractivity contribution in [2.45, 2.75) is 56.0 Å². The molecule has 35 heavy (non-hydrogen) atoms. The van der Waals surface area contributed by atoms with Gasteiger partial charge in [-0.05, 0) is 64.1 Å². The predicted octanol–water partition coefficient (Wildman–Crippen LogP) is 2.25. The van der Waals surface area contributed by atoms with E-state index in [2.05, 4.69) is 59.5 Å². The van der Waals surface area contributed by atoms with Crippen molar-refractivity contribution < 1.29 is 14.4 Å². The van der Waals surface area contributed by atoms with Crippen molar-refractivity contribution in [3.63, 3.8) is 0 Å². The van der Waals surface area contributed by atoms with Crippen LogP contribution in [-0.2, 0) is 15.1 Å². The molecule has 0 aromatic heterocycles. The molecule has 0 bridgehead atoms. The highest BCUT2D eigenvalue weighted by molar-refractivity contribution is 5.89. The van der Waals surface area contributed by atoms with Crippen molar-refractivity contribution in [2.75, 3.05) is 53.4 Å². The molecule has 0 radical (unpaired) electrons. The Kier molecular flexibility index (Phi) is 6.51. The van der Waals surface area contributed by atoms with Crippen molar-refractivity contribution in [1.82, 2.24) is 24.9 Å². The molecule has 8 heteroatoms. The van der Waals surface area contributed by atoms with E-state index in [0.717, 1.165) is 32.2 Å². The highest BCUT2D eigenvalue weighted by Gasteiger charge is 2.55. The largest absolute Gasteiger partial charge is 0.353 e. The van der Waals surface area contributed by atoms with Gasteiger partial charge in [0.25, 0.3) is 0 Å². The fraction of sp³-hybridized carbons (Fsp3) is 0.667. The summed E-state index contributed by atoms with van der Waals surface area (Å²) >= 11 is 0. The predicted molar refractivity (Wildman–Crippen MR) is 134 cm³/mol. The van der Waals surface area contributed by atoms with E-state index in [1.165, 1.54) is 24.8 Å². The number of piperazine rings is 1. The summed E-state index contributed by atoms with van der Waals surface area (Å²) in [5, 5.41) is 2.76. The van der Waals surface area contributed by atoms with Crippen molar-refractivity contribution in [3.8, 4) is 0 Å². The standard InChI is InChI=1S/C27H39N5O3/c1-29(2)27(22-9-4-3-5-10-22)13-11-26(12-14-27)20-31(25(35)32(26)17-21-7-6-8-21)19-24(34)30-16-15-28-23(33)18-30/h3-5,9-10,21H,6-8,11-20H2,1-2H3,(H,28,33)/t26-,27-. The van der Waals surface area contributed by atoms with Crippen LogP contribution in [0.25, 0.3) is 0 Å². The minimum absolute atomic E-state index is 0.00350. The molecule has 2 aliphatic heterocycles. The number of urea groups is 1. The Bertz CT molecular complexity index is 953. The summed E-state index contributed by atoms with van der Waals surface area (Å²) in [7, 11) is 4.33. The van der Waals surface area contributed by atoms with Crippen molar-refractivity contribution in [2.24, 2.45) is 5.92 Å². The van der Waals surface area contributed by atoms with Gasteiger partial charge in [0.1, 0.15) is 6.54 Å². The summed E-state index contributed by atoms with van der Waals surface area (Å²) in [5.41, 5.74) is 1.08. The minimum Gasteiger partial charge on any atom is -0.353 e. The Balaban J connectivity index is 1.35. The molecule has 5 rings (SSSR count). The van der Waals surface area contributed by atoms with Crippen LogP contribution in [0, 0.1) is 5.92 Å². The molecule has 8 nitrogen and oxygen atoms in total. The fourth-order valence-corrected chi connectivity index (χ4v) is 6.62. The van der Waals surface area contributed by atoms with Gasteiger partial charge < -0.3 is 20.0 Å². The van der Waals surface area contributed by atoms with E-state index in [4.69, 9.17) is 0 Å². The average molecular weight is 482 g/mol. The smallest absolute Gasteiger partial charge is 0.321 e. The summed E-state index contributed by atoms with van der Waals surface area (Å²) in [6.07, 6.45) is 7.43. The van der Waals surface area contributed by atoms with Crippen LogP contribution in [-0.4, -0.2) is 96.3 Å². The minimum atomic E-state index is -0.222. The number of nitrogens with zero attached hydrogens (tertiary/aromatic N) is 4. The molecule has 190 valence electrons. The van der Waals surface area contributed by atoms with Crippen molar-refractivity contribution in [3.05, 3.63) is 35.9 Å². The van der Waals surface area contributed by atoms with Gasteiger partial charge in [-0.3, -0.25) is 14.5 Å². The molecular weight excluding hydrogens is 442 g/mol. The maximum absolute atomic E-state index is 13.7. The molecule has 2 heterocycles. The maximum Gasteiger partial charge on any atom is 0.321 e. The van der Waals surface area contributed by atoms with Crippen molar-refractivity contribution in [1.29, 1.82) is 0 Å². The third-order valence-electron chi connectivity index (χ3n) is 9.12. The number of amides is 4. The van der Waals surface area contributed by atoms with Crippen LogP contribution >= 0.6 is 0 Å². The first-order chi connectivity index (χ1) is 16.8. The number of carbonyl (C=O) groups excluding carboxylic acids is 3. The number of carbonyl (C=O) groups is 3. The zero-order valence-corrected chi connectivity index (χ0v) is 21.2. The van der Waals surface area contributed by atoms with Gasteiger partial charge in [-0.15, -0.1) is 0 Å². The molecule has 2 aliphatic carbocycles. The van der Waals surface area contributed by atoms with E-state index in [9.17, 15) is 14.4 Å². The molecule has 1 N–H and O–H groups in total. The van der Waals surface area contributed by atoms with Crippen LogP contribution in [0.4, 0.5) is 4.79 Å². The third-order valence-corrected chi connectivity index (χ3v) is 9.12. The van der Waals surface area contributed by atoms with E-state index < -0.39 is 0 Å². The van der Waals surface area contributed by atoms with Gasteiger partial charge in [0.05, 0.1) is 12.1 Å². The lowest BCUT2D eigenvalue weighted by molar-refractivity contribution is -0.138. The number of rotatable bonds is 6. The lowest BCUT2D eigenvalue weighted by Crippen LogP contribution is -2.56. The molecule has 1 aromatic carbocycles. The summed E-state index contributed by atoms with van der Waals surface area (Å²) in [4.78, 5) is 46.3. The second-order valence-corrected chi connectivity index (χ2v) is 11.2. The van der Waals surface area contributed by atoms with Gasteiger partial charge in [-0.1, -0.05) is 36.8 Å². The number of nitrogens with one attached hydrogen (secondary N) is 1. The Morgan fingerprint density at radius 1 is 1.09 bits per heavy atom. The molecule has 4 fully saturated rings. The molecule has 4 aliphatic rings. The Morgan fingerprint density at radius 3 is 2.40 bits per heavy atom. The van der Waals surface area contributed by atoms with Gasteiger partial charge >= 0.3 is 6.03 Å². The van der Waals surface area contributed by atoms with Crippen LogP contribution < -0.4 is 5.32 Å². The van der Waals surface area contributed by atoms with Crippen LogP contribution in [0.3, 0.4) is 0 Å². The summed E-state index contributed by atoms with van der Waals surface area (Å²) in [6, 6.07) is 10.7. The SMILES string of the molecule is CN(C)[C@]1(c2ccccc2)CC[C@@]2(CC1)CN(CC(=O)N1CCNC(=O)C1)C(=O)N2CC1CCC1. The molecule has 2 saturated heterocycles. The zero-order valence-electron chi connectivity index (χ0n) is 21.2. The highest BCUT2D eigenvalue weighted by atomic mass is 16.2. The van der Waals surface area contributed by atoms with Gasteiger partial charge in [0, 0.05) is 31.7 Å². The normalized spacial score (nSPS) is 29.6. The van der Waals surface area contributed by atoms with Gasteiger partial charge in [-0.25, -0.2) is 4.79 Å². The van der Waals surface area contributed by atoms with Crippen LogP contribution in [0.2, 0.25) is 0 Å².